The quantitative estimate of drug-likeness (QED) is 0.214. The molecule has 2 unspecified atom stereocenters. The van der Waals surface area contributed by atoms with E-state index in [0.29, 0.717) is 92.5 Å². The van der Waals surface area contributed by atoms with E-state index in [0.717, 1.165) is 6.42 Å². The van der Waals surface area contributed by atoms with Crippen molar-refractivity contribution in [3.63, 3.8) is 0 Å². The minimum Gasteiger partial charge on any atom is -0.394 e. The molecular formula is C20H42O9. The summed E-state index contributed by atoms with van der Waals surface area (Å²) >= 11 is 0. The summed E-state index contributed by atoms with van der Waals surface area (Å²) < 4.78 is 37.3. The maximum Gasteiger partial charge on any atom is 0.0799 e. The number of aliphatic hydroxyl groups is 2. The first kappa shape index (κ1) is 28.6. The average molecular weight is 427 g/mol. The van der Waals surface area contributed by atoms with Gasteiger partial charge in [0.2, 0.25) is 0 Å². The second-order valence-electron chi connectivity index (χ2n) is 6.43. The van der Waals surface area contributed by atoms with Crippen LogP contribution in [0.1, 0.15) is 20.3 Å². The maximum atomic E-state index is 9.75. The van der Waals surface area contributed by atoms with Gasteiger partial charge in [-0.3, -0.25) is 0 Å². The summed E-state index contributed by atoms with van der Waals surface area (Å²) in [7, 11) is 0. The van der Waals surface area contributed by atoms with E-state index in [2.05, 4.69) is 0 Å². The third-order valence-electron chi connectivity index (χ3n) is 4.06. The molecule has 0 aromatic carbocycles. The van der Waals surface area contributed by atoms with Gasteiger partial charge in [-0.2, -0.15) is 0 Å². The lowest BCUT2D eigenvalue weighted by Gasteiger charge is -2.16. The van der Waals surface area contributed by atoms with Gasteiger partial charge in [0, 0.05) is 0 Å². The second-order valence-corrected chi connectivity index (χ2v) is 6.43. The summed E-state index contributed by atoms with van der Waals surface area (Å²) in [6, 6.07) is 0. The van der Waals surface area contributed by atoms with Crippen LogP contribution in [0.4, 0.5) is 0 Å². The van der Waals surface area contributed by atoms with Crippen molar-refractivity contribution in [2.45, 2.75) is 26.4 Å². The minimum atomic E-state index is -0.412. The number of aliphatic hydroxyl groups excluding tert-OH is 2. The van der Waals surface area contributed by atoms with Crippen molar-refractivity contribution in [1.29, 1.82) is 0 Å². The highest BCUT2D eigenvalue weighted by Crippen LogP contribution is 2.07. The lowest BCUT2D eigenvalue weighted by Crippen LogP contribution is -2.24. The Morgan fingerprint density at radius 1 is 0.552 bits per heavy atom. The Bertz CT molecular complexity index is 308. The highest BCUT2D eigenvalue weighted by molar-refractivity contribution is 4.61. The molecule has 0 amide bonds. The zero-order valence-corrected chi connectivity index (χ0v) is 18.2. The van der Waals surface area contributed by atoms with Crippen LogP contribution in [0.3, 0.4) is 0 Å². The van der Waals surface area contributed by atoms with Crippen molar-refractivity contribution in [2.24, 2.45) is 5.92 Å². The summed E-state index contributed by atoms with van der Waals surface area (Å²) in [5.74, 6) is 0.251. The average Bonchev–Trinajstić information content (AvgIpc) is 2.74. The van der Waals surface area contributed by atoms with E-state index in [1.165, 1.54) is 0 Å². The van der Waals surface area contributed by atoms with Gasteiger partial charge in [0.1, 0.15) is 0 Å². The summed E-state index contributed by atoms with van der Waals surface area (Å²) in [6.45, 7) is 10.8. The van der Waals surface area contributed by atoms with E-state index in [4.69, 9.17) is 38.3 Å². The molecule has 0 aliphatic carbocycles. The van der Waals surface area contributed by atoms with Crippen molar-refractivity contribution in [3.05, 3.63) is 0 Å². The van der Waals surface area contributed by atoms with E-state index in [-0.39, 0.29) is 12.5 Å². The molecule has 0 aliphatic rings. The largest absolute Gasteiger partial charge is 0.394 e. The monoisotopic (exact) mass is 426 g/mol. The van der Waals surface area contributed by atoms with Gasteiger partial charge < -0.3 is 43.4 Å². The van der Waals surface area contributed by atoms with Crippen molar-refractivity contribution in [3.8, 4) is 0 Å². The first-order valence-corrected chi connectivity index (χ1v) is 10.6. The molecule has 9 heteroatoms. The van der Waals surface area contributed by atoms with E-state index in [1.54, 1.807) is 0 Å². The topological polar surface area (TPSA) is 105 Å². The summed E-state index contributed by atoms with van der Waals surface area (Å²) in [5, 5.41) is 18.3. The van der Waals surface area contributed by atoms with Gasteiger partial charge >= 0.3 is 0 Å². The third-order valence-corrected chi connectivity index (χ3v) is 4.06. The third kappa shape index (κ3) is 22.2. The smallest absolute Gasteiger partial charge is 0.0799 e. The SMILES string of the molecule is CCC(C)C(O)COCCOCCOCCOCCOCCOCCOCCO. The molecular weight excluding hydrogens is 384 g/mol. The fourth-order valence-electron chi connectivity index (χ4n) is 2.02. The minimum absolute atomic E-state index is 0.0303. The van der Waals surface area contributed by atoms with Crippen LogP contribution in [-0.4, -0.2) is 115 Å². The van der Waals surface area contributed by atoms with Crippen molar-refractivity contribution in [1.82, 2.24) is 0 Å². The molecule has 0 rings (SSSR count). The summed E-state index contributed by atoms with van der Waals surface area (Å²) in [5.41, 5.74) is 0. The van der Waals surface area contributed by atoms with Crippen LogP contribution in [0.25, 0.3) is 0 Å². The Hall–Kier alpha value is -0.360. The van der Waals surface area contributed by atoms with Gasteiger partial charge in [0.05, 0.1) is 105 Å². The molecule has 2 N–H and O–H groups in total. The van der Waals surface area contributed by atoms with E-state index < -0.39 is 6.10 Å². The first-order chi connectivity index (χ1) is 14.2. The molecule has 0 radical (unpaired) electrons. The number of ether oxygens (including phenoxy) is 7. The Morgan fingerprint density at radius 3 is 1.17 bits per heavy atom. The molecule has 29 heavy (non-hydrogen) atoms. The molecule has 0 aliphatic heterocycles. The molecule has 0 saturated carbocycles. The van der Waals surface area contributed by atoms with E-state index in [1.807, 2.05) is 13.8 Å². The van der Waals surface area contributed by atoms with Crippen LogP contribution in [0.5, 0.6) is 0 Å². The first-order valence-electron chi connectivity index (χ1n) is 10.6. The zero-order chi connectivity index (χ0) is 21.4. The predicted octanol–water partition coefficient (Wildman–Crippen LogP) is 0.502. The lowest BCUT2D eigenvalue weighted by molar-refractivity contribution is -0.0314. The maximum absolute atomic E-state index is 9.75. The Balaban J connectivity index is 3.07. The number of rotatable bonds is 24. The molecule has 0 heterocycles. The Labute approximate surface area is 175 Å². The van der Waals surface area contributed by atoms with E-state index in [9.17, 15) is 5.11 Å². The van der Waals surface area contributed by atoms with Gasteiger partial charge in [-0.25, -0.2) is 0 Å². The fourth-order valence-corrected chi connectivity index (χ4v) is 2.02. The van der Waals surface area contributed by atoms with Crippen molar-refractivity contribution < 1.29 is 43.4 Å². The molecule has 176 valence electrons. The molecule has 0 fully saturated rings. The van der Waals surface area contributed by atoms with Crippen molar-refractivity contribution in [2.75, 3.05) is 99.1 Å². The normalized spacial score (nSPS) is 13.7. The lowest BCUT2D eigenvalue weighted by atomic mass is 10.0. The molecule has 0 saturated heterocycles. The molecule has 0 bridgehead atoms. The molecule has 2 atom stereocenters. The number of hydrogen-bond donors (Lipinski definition) is 2. The Morgan fingerprint density at radius 2 is 0.862 bits per heavy atom. The van der Waals surface area contributed by atoms with Gasteiger partial charge in [0.25, 0.3) is 0 Å². The van der Waals surface area contributed by atoms with Crippen molar-refractivity contribution >= 4 is 0 Å². The molecule has 9 nitrogen and oxygen atoms in total. The summed E-state index contributed by atoms with van der Waals surface area (Å²) in [4.78, 5) is 0. The fraction of sp³-hybridized carbons (Fsp3) is 1.00. The van der Waals surface area contributed by atoms with Gasteiger partial charge in [-0.05, 0) is 5.92 Å². The highest BCUT2D eigenvalue weighted by atomic mass is 16.6. The zero-order valence-electron chi connectivity index (χ0n) is 18.2. The standard InChI is InChI=1S/C20H42O9/c1-3-19(2)20(22)18-29-17-16-28-15-14-27-13-12-26-11-10-25-9-8-24-7-6-23-5-4-21/h19-22H,3-18H2,1-2H3. The van der Waals surface area contributed by atoms with Crippen LogP contribution < -0.4 is 0 Å². The van der Waals surface area contributed by atoms with Gasteiger partial charge in [-0.15, -0.1) is 0 Å². The van der Waals surface area contributed by atoms with Gasteiger partial charge in [-0.1, -0.05) is 20.3 Å². The predicted molar refractivity (Wildman–Crippen MR) is 108 cm³/mol. The van der Waals surface area contributed by atoms with Gasteiger partial charge in [0.15, 0.2) is 0 Å². The van der Waals surface area contributed by atoms with Crippen LogP contribution in [-0.2, 0) is 33.2 Å². The van der Waals surface area contributed by atoms with Crippen LogP contribution >= 0.6 is 0 Å². The Kier molecular flexibility index (Phi) is 23.6. The molecule has 0 aromatic rings. The highest BCUT2D eigenvalue weighted by Gasteiger charge is 2.11. The molecule has 0 spiro atoms. The second kappa shape index (κ2) is 23.9. The summed E-state index contributed by atoms with van der Waals surface area (Å²) in [6.07, 6.45) is 0.526. The van der Waals surface area contributed by atoms with Crippen LogP contribution in [0, 0.1) is 5.92 Å². The van der Waals surface area contributed by atoms with Crippen LogP contribution in [0.2, 0.25) is 0 Å². The van der Waals surface area contributed by atoms with Crippen LogP contribution in [0.15, 0.2) is 0 Å². The van der Waals surface area contributed by atoms with E-state index >= 15 is 0 Å². The molecule has 0 aromatic heterocycles. The number of hydrogen-bond acceptors (Lipinski definition) is 9.